The number of ketones is 1. The zero-order valence-electron chi connectivity index (χ0n) is 31.7. The van der Waals surface area contributed by atoms with Crippen molar-refractivity contribution in [2.45, 2.75) is 138 Å². The Morgan fingerprint density at radius 2 is 1.69 bits per heavy atom. The molecule has 5 aliphatic rings. The number of hydrogen-bond acceptors (Lipinski definition) is 6. The van der Waals surface area contributed by atoms with Crippen LogP contribution in [0.5, 0.6) is 0 Å². The van der Waals surface area contributed by atoms with Gasteiger partial charge in [-0.2, -0.15) is 0 Å². The van der Waals surface area contributed by atoms with E-state index in [4.69, 9.17) is 4.74 Å². The van der Waals surface area contributed by atoms with Crippen LogP contribution in [0.3, 0.4) is 0 Å². The molecule has 0 spiro atoms. The van der Waals surface area contributed by atoms with E-state index in [2.05, 4.69) is 58.8 Å². The smallest absolute Gasteiger partial charge is 0.309 e. The second kappa shape index (κ2) is 11.7. The van der Waals surface area contributed by atoms with Crippen molar-refractivity contribution in [2.24, 2.45) is 69.6 Å². The summed E-state index contributed by atoms with van der Waals surface area (Å²) in [7, 11) is 1.86. The van der Waals surface area contributed by atoms with Crippen molar-refractivity contribution >= 4 is 23.6 Å². The number of nitrogens with zero attached hydrogens (tertiary/aromatic N) is 2. The first-order valence-electron chi connectivity index (χ1n) is 18.9. The maximum atomic E-state index is 13.9. The molecule has 1 aromatic heterocycles. The molecular weight excluding hydrogens is 618 g/mol. The lowest BCUT2D eigenvalue weighted by Gasteiger charge is -2.73. The number of imidazole rings is 1. The van der Waals surface area contributed by atoms with Crippen LogP contribution in [0.4, 0.5) is 0 Å². The molecule has 9 nitrogen and oxygen atoms in total. The Balaban J connectivity index is 1.28. The van der Waals surface area contributed by atoms with E-state index in [1.165, 1.54) is 0 Å². The number of carbonyl (C=O) groups is 4. The van der Waals surface area contributed by atoms with E-state index < -0.39 is 22.9 Å². The Kier molecular flexibility index (Phi) is 8.59. The third-order valence-electron chi connectivity index (χ3n) is 15.7. The summed E-state index contributed by atoms with van der Waals surface area (Å²) >= 11 is 0. The molecule has 2 N–H and O–H groups in total. The van der Waals surface area contributed by atoms with E-state index in [1.54, 1.807) is 30.9 Å². The number of aromatic nitrogens is 2. The van der Waals surface area contributed by atoms with Crippen LogP contribution < -0.4 is 5.32 Å². The number of Topliss-reactive ketones (excluding diaryl/α,β-unsaturated/α-hetero) is 1. The molecule has 7 unspecified atom stereocenters. The predicted octanol–water partition coefficient (Wildman–Crippen LogP) is 7.23. The zero-order chi connectivity index (χ0) is 36.1. The second-order valence-corrected chi connectivity index (χ2v) is 19.3. The molecule has 10 atom stereocenters. The van der Waals surface area contributed by atoms with Gasteiger partial charge in [0.05, 0.1) is 23.7 Å². The van der Waals surface area contributed by atoms with Gasteiger partial charge in [-0.15, -0.1) is 0 Å². The Morgan fingerprint density at radius 3 is 2.31 bits per heavy atom. The Hall–Kier alpha value is -2.71. The fourth-order valence-electron chi connectivity index (χ4n) is 13.1. The van der Waals surface area contributed by atoms with Crippen molar-refractivity contribution in [3.05, 3.63) is 18.2 Å². The number of ether oxygens (including phenoxy) is 1. The first-order chi connectivity index (χ1) is 22.6. The average molecular weight is 680 g/mol. The highest BCUT2D eigenvalue weighted by Crippen LogP contribution is 2.76. The van der Waals surface area contributed by atoms with Crippen LogP contribution in [0, 0.1) is 62.6 Å². The fourth-order valence-corrected chi connectivity index (χ4v) is 13.1. The lowest BCUT2D eigenvalue weighted by atomic mass is 9.32. The molecule has 9 heteroatoms. The van der Waals surface area contributed by atoms with Gasteiger partial charge in [-0.05, 0) is 111 Å². The minimum absolute atomic E-state index is 0.0153. The normalized spacial score (nSPS) is 41.2. The molecular formula is C40H61N3O6. The topological polar surface area (TPSA) is 128 Å². The van der Waals surface area contributed by atoms with Gasteiger partial charge in [0.1, 0.15) is 17.6 Å². The number of carboxylic acids is 1. The summed E-state index contributed by atoms with van der Waals surface area (Å²) in [6.45, 7) is 19.6. The van der Waals surface area contributed by atoms with E-state index in [1.807, 2.05) is 7.05 Å². The highest BCUT2D eigenvalue weighted by atomic mass is 16.5. The summed E-state index contributed by atoms with van der Waals surface area (Å²) < 4.78 is 7.94. The van der Waals surface area contributed by atoms with Gasteiger partial charge in [0.2, 0.25) is 0 Å². The Bertz CT molecular complexity index is 1530. The number of amides is 1. The fraction of sp³-hybridized carbons (Fsp3) is 0.825. The SMILES string of the molecule is CC(C)C1C(=O)CC2(NC(=O)c3cn(C)cn3)CC[C@]3(C)C(CCC4C3(C)CCC3C(C)(C)[C@@H](OC(=O)CC(C)(C)C(=O)O)CC[C@@]34C)C12. The number of carbonyl (C=O) groups excluding carboxylic acids is 3. The van der Waals surface area contributed by atoms with Gasteiger partial charge < -0.3 is 19.7 Å². The van der Waals surface area contributed by atoms with Gasteiger partial charge >= 0.3 is 11.9 Å². The van der Waals surface area contributed by atoms with Gasteiger partial charge in [-0.3, -0.25) is 19.2 Å². The summed E-state index contributed by atoms with van der Waals surface area (Å²) in [5, 5.41) is 13.1. The number of aliphatic carboxylic acids is 1. The van der Waals surface area contributed by atoms with Crippen LogP contribution in [0.2, 0.25) is 0 Å². The minimum atomic E-state index is -1.16. The van der Waals surface area contributed by atoms with Crippen molar-refractivity contribution < 1.29 is 29.0 Å². The maximum Gasteiger partial charge on any atom is 0.309 e. The largest absolute Gasteiger partial charge is 0.481 e. The van der Waals surface area contributed by atoms with Crippen LogP contribution in [-0.2, 0) is 26.2 Å². The standard InChI is InChI=1S/C40H61N3O6/c1-23(2)31-26(44)19-40(42-33(46)25-21-43(10)22-41-25)18-17-38(8)24(32(31)40)11-12-28-37(7)15-14-29(49-30(45)20-35(3,4)34(47)48)36(5,6)27(37)13-16-39(28,38)9/h21-24,27-29,31-32H,11-20H2,1-10H3,(H,42,46)(H,47,48)/t24?,27?,28?,29-,31?,32?,37-,38+,39?,40?/m0/s1. The zero-order valence-corrected chi connectivity index (χ0v) is 31.7. The molecule has 0 radical (unpaired) electrons. The number of nitrogens with one attached hydrogen (secondary N) is 1. The first-order valence-corrected chi connectivity index (χ1v) is 18.9. The summed E-state index contributed by atoms with van der Waals surface area (Å²) in [6, 6.07) is 0. The van der Waals surface area contributed by atoms with Crippen molar-refractivity contribution in [3.63, 3.8) is 0 Å². The predicted molar refractivity (Wildman–Crippen MR) is 186 cm³/mol. The van der Waals surface area contributed by atoms with E-state index in [0.717, 1.165) is 51.4 Å². The van der Waals surface area contributed by atoms with Crippen LogP contribution in [0.1, 0.15) is 137 Å². The van der Waals surface area contributed by atoms with Gasteiger partial charge in [-0.1, -0.05) is 48.5 Å². The molecule has 5 fully saturated rings. The Labute approximate surface area is 293 Å². The lowest BCUT2D eigenvalue weighted by molar-refractivity contribution is -0.247. The highest BCUT2D eigenvalue weighted by molar-refractivity contribution is 5.94. The molecule has 272 valence electrons. The van der Waals surface area contributed by atoms with Crippen LogP contribution in [0.15, 0.2) is 12.5 Å². The molecule has 0 bridgehead atoms. The van der Waals surface area contributed by atoms with E-state index in [-0.39, 0.29) is 57.8 Å². The Morgan fingerprint density at radius 1 is 1.00 bits per heavy atom. The van der Waals surface area contributed by atoms with Gasteiger partial charge in [-0.25, -0.2) is 4.98 Å². The number of fused-ring (bicyclic) bond motifs is 7. The van der Waals surface area contributed by atoms with E-state index in [0.29, 0.717) is 35.7 Å². The molecule has 1 aromatic rings. The summed E-state index contributed by atoms with van der Waals surface area (Å²) in [6.07, 6.45) is 11.2. The molecule has 0 aromatic carbocycles. The minimum Gasteiger partial charge on any atom is -0.481 e. The molecule has 0 saturated heterocycles. The van der Waals surface area contributed by atoms with Crippen LogP contribution in [-0.4, -0.2) is 49.9 Å². The summed E-state index contributed by atoms with van der Waals surface area (Å²) in [5.41, 5.74) is -1.40. The number of aryl methyl sites for hydroxylation is 1. The molecule has 0 aliphatic heterocycles. The molecule has 49 heavy (non-hydrogen) atoms. The monoisotopic (exact) mass is 679 g/mol. The number of carboxylic acid groups (broad SMARTS) is 1. The molecule has 5 saturated carbocycles. The maximum absolute atomic E-state index is 13.9. The lowest BCUT2D eigenvalue weighted by Crippen LogP contribution is -2.69. The van der Waals surface area contributed by atoms with Crippen LogP contribution in [0.25, 0.3) is 0 Å². The third kappa shape index (κ3) is 5.32. The number of hydrogen-bond donors (Lipinski definition) is 2. The number of rotatable bonds is 7. The van der Waals surface area contributed by atoms with Gasteiger partial charge in [0.15, 0.2) is 0 Å². The van der Waals surface area contributed by atoms with Crippen molar-refractivity contribution in [1.82, 2.24) is 14.9 Å². The molecule has 6 rings (SSSR count). The molecule has 1 heterocycles. The van der Waals surface area contributed by atoms with Crippen molar-refractivity contribution in [2.75, 3.05) is 0 Å². The molecule has 1 amide bonds. The van der Waals surface area contributed by atoms with Crippen LogP contribution >= 0.6 is 0 Å². The third-order valence-corrected chi connectivity index (χ3v) is 15.7. The van der Waals surface area contributed by atoms with Gasteiger partial charge in [0.25, 0.3) is 5.91 Å². The second-order valence-electron chi connectivity index (χ2n) is 19.3. The average Bonchev–Trinajstić information content (AvgIpc) is 3.55. The molecule has 5 aliphatic carbocycles. The summed E-state index contributed by atoms with van der Waals surface area (Å²) in [5.74, 6) is 0.122. The van der Waals surface area contributed by atoms with Crippen molar-refractivity contribution in [3.8, 4) is 0 Å². The summed E-state index contributed by atoms with van der Waals surface area (Å²) in [4.78, 5) is 56.7. The quantitative estimate of drug-likeness (QED) is 0.291. The van der Waals surface area contributed by atoms with Crippen molar-refractivity contribution in [1.29, 1.82) is 0 Å². The van der Waals surface area contributed by atoms with Gasteiger partial charge in [0, 0.05) is 31.0 Å². The first kappa shape index (κ1) is 36.1. The van der Waals surface area contributed by atoms with E-state index in [9.17, 15) is 24.3 Å². The highest BCUT2D eigenvalue weighted by Gasteiger charge is 2.72. The van der Waals surface area contributed by atoms with E-state index >= 15 is 0 Å². The number of esters is 1.